The molecule has 1 heterocycles. The zero-order valence-corrected chi connectivity index (χ0v) is 12.0. The van der Waals surface area contributed by atoms with Crippen molar-refractivity contribution in [3.05, 3.63) is 0 Å². The Balaban J connectivity index is 2.36. The number of hydrogen-bond acceptors (Lipinski definition) is 5. The molecule has 2 N–H and O–H groups in total. The highest BCUT2D eigenvalue weighted by molar-refractivity contribution is 5.96. The van der Waals surface area contributed by atoms with E-state index < -0.39 is 29.9 Å². The van der Waals surface area contributed by atoms with Crippen LogP contribution in [0.3, 0.4) is 0 Å². The molecule has 0 spiro atoms. The molecule has 1 fully saturated rings. The summed E-state index contributed by atoms with van der Waals surface area (Å²) >= 11 is 0. The number of esters is 1. The molecule has 0 radical (unpaired) electrons. The largest absolute Gasteiger partial charge is 0.481 e. The SMILES string of the molecule is COC(=O)C1CCCN1C(=O)NC(=O)CCCCC(=O)O. The van der Waals surface area contributed by atoms with E-state index in [2.05, 4.69) is 10.1 Å². The van der Waals surface area contributed by atoms with Gasteiger partial charge in [-0.3, -0.25) is 14.9 Å². The first-order chi connectivity index (χ1) is 9.95. The molecule has 8 heteroatoms. The molecule has 21 heavy (non-hydrogen) atoms. The molecule has 0 aromatic heterocycles. The van der Waals surface area contributed by atoms with E-state index in [-0.39, 0.29) is 12.8 Å². The molecule has 0 saturated carbocycles. The predicted molar refractivity (Wildman–Crippen MR) is 71.4 cm³/mol. The summed E-state index contributed by atoms with van der Waals surface area (Å²) in [4.78, 5) is 46.6. The van der Waals surface area contributed by atoms with Gasteiger partial charge < -0.3 is 14.7 Å². The standard InChI is InChI=1S/C13H20N2O6/c1-21-12(19)9-5-4-8-15(9)13(20)14-10(16)6-2-3-7-11(17)18/h9H,2-8H2,1H3,(H,17,18)(H,14,16,20). The molecule has 0 aliphatic carbocycles. The fourth-order valence-electron chi connectivity index (χ4n) is 2.21. The van der Waals surface area contributed by atoms with E-state index in [1.807, 2.05) is 0 Å². The molecule has 0 aromatic carbocycles. The topological polar surface area (TPSA) is 113 Å². The lowest BCUT2D eigenvalue weighted by Gasteiger charge is -2.22. The normalized spacial score (nSPS) is 17.4. The molecular weight excluding hydrogens is 280 g/mol. The monoisotopic (exact) mass is 300 g/mol. The highest BCUT2D eigenvalue weighted by Crippen LogP contribution is 2.18. The van der Waals surface area contributed by atoms with E-state index in [4.69, 9.17) is 5.11 Å². The van der Waals surface area contributed by atoms with Gasteiger partial charge in [0.05, 0.1) is 7.11 Å². The second-order valence-corrected chi connectivity index (χ2v) is 4.83. The zero-order chi connectivity index (χ0) is 15.8. The molecule has 1 unspecified atom stereocenters. The molecule has 1 atom stereocenters. The van der Waals surface area contributed by atoms with Gasteiger partial charge in [0.2, 0.25) is 5.91 Å². The number of nitrogens with zero attached hydrogens (tertiary/aromatic N) is 1. The lowest BCUT2D eigenvalue weighted by molar-refractivity contribution is -0.145. The van der Waals surface area contributed by atoms with Crippen LogP contribution in [0.5, 0.6) is 0 Å². The molecule has 0 bridgehead atoms. The number of hydrogen-bond donors (Lipinski definition) is 2. The van der Waals surface area contributed by atoms with Crippen LogP contribution in [0.25, 0.3) is 0 Å². The number of urea groups is 1. The van der Waals surface area contributed by atoms with Gasteiger partial charge in [0, 0.05) is 19.4 Å². The van der Waals surface area contributed by atoms with Crippen molar-refractivity contribution in [1.82, 2.24) is 10.2 Å². The quantitative estimate of drug-likeness (QED) is 0.545. The maximum Gasteiger partial charge on any atom is 0.328 e. The third-order valence-electron chi connectivity index (χ3n) is 3.28. The number of unbranched alkanes of at least 4 members (excludes halogenated alkanes) is 1. The number of likely N-dealkylation sites (tertiary alicyclic amines) is 1. The number of methoxy groups -OCH3 is 1. The molecule has 1 saturated heterocycles. The number of rotatable bonds is 6. The van der Waals surface area contributed by atoms with Crippen LogP contribution < -0.4 is 5.32 Å². The van der Waals surface area contributed by atoms with Crippen molar-refractivity contribution in [1.29, 1.82) is 0 Å². The molecule has 3 amide bonds. The Morgan fingerprint density at radius 1 is 1.24 bits per heavy atom. The van der Waals surface area contributed by atoms with Crippen LogP contribution in [-0.4, -0.2) is 53.6 Å². The number of carbonyl (C=O) groups excluding carboxylic acids is 3. The van der Waals surface area contributed by atoms with E-state index in [9.17, 15) is 19.2 Å². The van der Waals surface area contributed by atoms with Gasteiger partial charge in [0.15, 0.2) is 0 Å². The summed E-state index contributed by atoms with van der Waals surface area (Å²) in [6, 6.07) is -1.25. The van der Waals surface area contributed by atoms with Crippen LogP contribution in [0.15, 0.2) is 0 Å². The van der Waals surface area contributed by atoms with Crippen LogP contribution in [0.4, 0.5) is 4.79 Å². The summed E-state index contributed by atoms with van der Waals surface area (Å²) < 4.78 is 4.62. The van der Waals surface area contributed by atoms with Crippen molar-refractivity contribution >= 4 is 23.9 Å². The molecule has 1 aliphatic rings. The first-order valence-corrected chi connectivity index (χ1v) is 6.85. The minimum absolute atomic E-state index is 0.00222. The summed E-state index contributed by atoms with van der Waals surface area (Å²) in [5.41, 5.74) is 0. The van der Waals surface area contributed by atoms with Crippen molar-refractivity contribution in [3.63, 3.8) is 0 Å². The third kappa shape index (κ3) is 5.41. The van der Waals surface area contributed by atoms with Gasteiger partial charge in [-0.2, -0.15) is 0 Å². The number of carboxylic acids is 1. The fraction of sp³-hybridized carbons (Fsp3) is 0.692. The Morgan fingerprint density at radius 2 is 1.90 bits per heavy atom. The Hall–Kier alpha value is -2.12. The molecule has 118 valence electrons. The van der Waals surface area contributed by atoms with E-state index in [1.165, 1.54) is 12.0 Å². The number of carboxylic acid groups (broad SMARTS) is 1. The van der Waals surface area contributed by atoms with Crippen molar-refractivity contribution in [3.8, 4) is 0 Å². The maximum absolute atomic E-state index is 11.9. The van der Waals surface area contributed by atoms with E-state index >= 15 is 0 Å². The highest BCUT2D eigenvalue weighted by atomic mass is 16.5. The molecule has 8 nitrogen and oxygen atoms in total. The Labute approximate surface area is 122 Å². The molecule has 1 aliphatic heterocycles. The van der Waals surface area contributed by atoms with Crippen molar-refractivity contribution in [2.24, 2.45) is 0 Å². The first kappa shape index (κ1) is 16.9. The number of carbonyl (C=O) groups is 4. The van der Waals surface area contributed by atoms with Gasteiger partial charge in [-0.15, -0.1) is 0 Å². The average molecular weight is 300 g/mol. The van der Waals surface area contributed by atoms with Gasteiger partial charge in [-0.1, -0.05) is 0 Å². The smallest absolute Gasteiger partial charge is 0.328 e. The molecular formula is C13H20N2O6. The van der Waals surface area contributed by atoms with Crippen LogP contribution in [-0.2, 0) is 19.1 Å². The lowest BCUT2D eigenvalue weighted by Crippen LogP contribution is -2.48. The van der Waals surface area contributed by atoms with Gasteiger partial charge >= 0.3 is 18.0 Å². The highest BCUT2D eigenvalue weighted by Gasteiger charge is 2.35. The maximum atomic E-state index is 11.9. The second-order valence-electron chi connectivity index (χ2n) is 4.83. The Bertz CT molecular complexity index is 423. The average Bonchev–Trinajstić information content (AvgIpc) is 2.92. The van der Waals surface area contributed by atoms with Crippen molar-refractivity contribution < 1.29 is 29.0 Å². The fourth-order valence-corrected chi connectivity index (χ4v) is 2.21. The predicted octanol–water partition coefficient (Wildman–Crippen LogP) is 0.505. The number of imide groups is 1. The van der Waals surface area contributed by atoms with Gasteiger partial charge in [-0.25, -0.2) is 9.59 Å². The van der Waals surface area contributed by atoms with E-state index in [0.717, 1.165) is 0 Å². The first-order valence-electron chi connectivity index (χ1n) is 6.85. The van der Waals surface area contributed by atoms with Gasteiger partial charge in [0.25, 0.3) is 0 Å². The minimum atomic E-state index is -0.913. The summed E-state index contributed by atoms with van der Waals surface area (Å²) in [5, 5.41) is 10.7. The minimum Gasteiger partial charge on any atom is -0.481 e. The van der Waals surface area contributed by atoms with Crippen LogP contribution in [0.1, 0.15) is 38.5 Å². The third-order valence-corrected chi connectivity index (χ3v) is 3.28. The zero-order valence-electron chi connectivity index (χ0n) is 12.0. The second kappa shape index (κ2) is 8.23. The summed E-state index contributed by atoms with van der Waals surface area (Å²) in [5.74, 6) is -1.87. The van der Waals surface area contributed by atoms with Crippen molar-refractivity contribution in [2.45, 2.75) is 44.6 Å². The lowest BCUT2D eigenvalue weighted by atomic mass is 10.2. The summed E-state index contributed by atoms with van der Waals surface area (Å²) in [6.45, 7) is 0.401. The Morgan fingerprint density at radius 3 is 2.52 bits per heavy atom. The van der Waals surface area contributed by atoms with Crippen LogP contribution in [0.2, 0.25) is 0 Å². The molecule has 1 rings (SSSR count). The van der Waals surface area contributed by atoms with E-state index in [1.54, 1.807) is 0 Å². The van der Waals surface area contributed by atoms with E-state index in [0.29, 0.717) is 32.2 Å². The van der Waals surface area contributed by atoms with Crippen LogP contribution >= 0.6 is 0 Å². The van der Waals surface area contributed by atoms with Gasteiger partial charge in [-0.05, 0) is 25.7 Å². The number of nitrogens with one attached hydrogen (secondary N) is 1. The number of ether oxygens (including phenoxy) is 1. The van der Waals surface area contributed by atoms with Crippen LogP contribution in [0, 0.1) is 0 Å². The summed E-state index contributed by atoms with van der Waals surface area (Å²) in [7, 11) is 1.25. The molecule has 0 aromatic rings. The number of aliphatic carboxylic acids is 1. The van der Waals surface area contributed by atoms with Gasteiger partial charge in [0.1, 0.15) is 6.04 Å². The van der Waals surface area contributed by atoms with Crippen molar-refractivity contribution in [2.75, 3.05) is 13.7 Å². The Kier molecular flexibility index (Phi) is 6.64. The number of amides is 3. The summed E-state index contributed by atoms with van der Waals surface area (Å²) in [6.07, 6.45) is 2.05.